The summed E-state index contributed by atoms with van der Waals surface area (Å²) >= 11 is 5.53. The molecule has 1 aromatic rings. The number of hydrogen-bond acceptors (Lipinski definition) is 2. The van der Waals surface area contributed by atoms with Crippen LogP contribution in [0.15, 0.2) is 23.1 Å². The molecule has 3 nitrogen and oxygen atoms in total. The summed E-state index contributed by atoms with van der Waals surface area (Å²) in [6, 6.07) is 5.10. The lowest BCUT2D eigenvalue weighted by Crippen LogP contribution is -2.21. The molecule has 0 spiro atoms. The second-order valence-electron chi connectivity index (χ2n) is 2.93. The average molecular weight is 211 g/mol. The number of aromatic nitrogens is 1. The Kier molecular flexibility index (Phi) is 4.21. The normalized spacial score (nSPS) is 9.71. The molecule has 0 aromatic carbocycles. The lowest BCUT2D eigenvalue weighted by molar-refractivity contribution is 0.614. The fraction of sp³-hybridized carbons (Fsp3) is 0.400. The van der Waals surface area contributed by atoms with Crippen molar-refractivity contribution < 1.29 is 0 Å². The van der Waals surface area contributed by atoms with E-state index in [2.05, 4.69) is 0 Å². The van der Waals surface area contributed by atoms with Crippen molar-refractivity contribution in [2.24, 2.45) is 0 Å². The van der Waals surface area contributed by atoms with Gasteiger partial charge in [-0.15, -0.1) is 11.6 Å². The number of aryl methyl sites for hydroxylation is 1. The van der Waals surface area contributed by atoms with Crippen LogP contribution in [-0.2, 0) is 6.54 Å². The van der Waals surface area contributed by atoms with Gasteiger partial charge in [0, 0.05) is 18.6 Å². The summed E-state index contributed by atoms with van der Waals surface area (Å²) in [5, 5.41) is 8.63. The molecule has 0 fully saturated rings. The molecule has 0 bridgehead atoms. The quantitative estimate of drug-likeness (QED) is 0.561. The number of alkyl halides is 1. The van der Waals surface area contributed by atoms with E-state index in [1.54, 1.807) is 16.8 Å². The van der Waals surface area contributed by atoms with Gasteiger partial charge >= 0.3 is 0 Å². The molecule has 0 aliphatic rings. The molecule has 0 aliphatic heterocycles. The largest absolute Gasteiger partial charge is 0.314 e. The van der Waals surface area contributed by atoms with Gasteiger partial charge in [-0.3, -0.25) is 4.79 Å². The number of nitriles is 1. The molecule has 1 heterocycles. The Bertz CT molecular complexity index is 392. The van der Waals surface area contributed by atoms with Gasteiger partial charge in [-0.1, -0.05) is 0 Å². The highest BCUT2D eigenvalue weighted by Crippen LogP contribution is 1.96. The summed E-state index contributed by atoms with van der Waals surface area (Å²) in [5.41, 5.74) is -0.0251. The number of nitrogens with zero attached hydrogens (tertiary/aromatic N) is 2. The van der Waals surface area contributed by atoms with Gasteiger partial charge in [0.1, 0.15) is 11.6 Å². The van der Waals surface area contributed by atoms with E-state index in [0.717, 1.165) is 12.8 Å². The number of halogens is 1. The first kappa shape index (κ1) is 10.8. The first-order valence-corrected chi connectivity index (χ1v) is 4.98. The van der Waals surface area contributed by atoms with Crippen molar-refractivity contribution in [2.45, 2.75) is 19.4 Å². The maximum atomic E-state index is 11.5. The van der Waals surface area contributed by atoms with E-state index in [-0.39, 0.29) is 11.1 Å². The summed E-state index contributed by atoms with van der Waals surface area (Å²) in [4.78, 5) is 11.5. The van der Waals surface area contributed by atoms with Crippen molar-refractivity contribution in [2.75, 3.05) is 5.88 Å². The molecule has 0 N–H and O–H groups in total. The van der Waals surface area contributed by atoms with Crippen molar-refractivity contribution in [1.82, 2.24) is 4.57 Å². The van der Waals surface area contributed by atoms with Crippen LogP contribution in [0, 0.1) is 11.3 Å². The van der Waals surface area contributed by atoms with Crippen LogP contribution in [0.4, 0.5) is 0 Å². The predicted octanol–water partition coefficient (Wildman–Crippen LogP) is 1.74. The van der Waals surface area contributed by atoms with Gasteiger partial charge in [-0.05, 0) is 25.0 Å². The summed E-state index contributed by atoms with van der Waals surface area (Å²) in [6.07, 6.45) is 3.43. The van der Waals surface area contributed by atoms with E-state index in [9.17, 15) is 4.79 Å². The van der Waals surface area contributed by atoms with Crippen molar-refractivity contribution >= 4 is 11.6 Å². The van der Waals surface area contributed by atoms with E-state index in [1.165, 1.54) is 6.07 Å². The summed E-state index contributed by atoms with van der Waals surface area (Å²) in [7, 11) is 0. The molecule has 0 aliphatic carbocycles. The van der Waals surface area contributed by atoms with Crippen molar-refractivity contribution in [3.63, 3.8) is 0 Å². The van der Waals surface area contributed by atoms with Gasteiger partial charge in [0.2, 0.25) is 0 Å². The Morgan fingerprint density at radius 3 is 2.93 bits per heavy atom. The van der Waals surface area contributed by atoms with Crippen molar-refractivity contribution in [3.8, 4) is 6.07 Å². The molecule has 4 heteroatoms. The van der Waals surface area contributed by atoms with Crippen LogP contribution in [0.25, 0.3) is 0 Å². The highest BCUT2D eigenvalue weighted by Gasteiger charge is 2.00. The highest BCUT2D eigenvalue weighted by molar-refractivity contribution is 6.17. The maximum absolute atomic E-state index is 11.5. The Hall–Kier alpha value is -1.27. The molecule has 74 valence electrons. The van der Waals surface area contributed by atoms with E-state index in [1.807, 2.05) is 6.07 Å². The lowest BCUT2D eigenvalue weighted by Gasteiger charge is -2.03. The van der Waals surface area contributed by atoms with Gasteiger partial charge in [0.25, 0.3) is 5.56 Å². The van der Waals surface area contributed by atoms with Crippen LogP contribution in [-0.4, -0.2) is 10.4 Å². The predicted molar refractivity (Wildman–Crippen MR) is 55.4 cm³/mol. The molecule has 0 saturated heterocycles. The van der Waals surface area contributed by atoms with Gasteiger partial charge in [-0.25, -0.2) is 0 Å². The van der Waals surface area contributed by atoms with Gasteiger partial charge < -0.3 is 4.57 Å². The fourth-order valence-electron chi connectivity index (χ4n) is 1.17. The molecule has 14 heavy (non-hydrogen) atoms. The van der Waals surface area contributed by atoms with Crippen LogP contribution in [0.5, 0.6) is 0 Å². The SMILES string of the molecule is N#Cc1cccn(CCCCCl)c1=O. The Morgan fingerprint density at radius 2 is 2.29 bits per heavy atom. The number of pyridine rings is 1. The molecule has 1 rings (SSSR count). The van der Waals surface area contributed by atoms with Gasteiger partial charge in [-0.2, -0.15) is 5.26 Å². The minimum absolute atomic E-state index is 0.193. The lowest BCUT2D eigenvalue weighted by atomic mass is 10.3. The van der Waals surface area contributed by atoms with E-state index in [4.69, 9.17) is 16.9 Å². The molecule has 0 amide bonds. The topological polar surface area (TPSA) is 45.8 Å². The number of rotatable bonds is 4. The zero-order valence-corrected chi connectivity index (χ0v) is 8.50. The fourth-order valence-corrected chi connectivity index (χ4v) is 1.36. The molecule has 0 atom stereocenters. The van der Waals surface area contributed by atoms with Crippen LogP contribution in [0.3, 0.4) is 0 Å². The molecule has 0 radical (unpaired) electrons. The molecule has 0 saturated carbocycles. The zero-order valence-electron chi connectivity index (χ0n) is 7.74. The third-order valence-corrected chi connectivity index (χ3v) is 2.19. The van der Waals surface area contributed by atoms with Crippen LogP contribution in [0.1, 0.15) is 18.4 Å². The molecule has 0 unspecified atom stereocenters. The third kappa shape index (κ3) is 2.61. The Labute approximate surface area is 87.5 Å². The van der Waals surface area contributed by atoms with Gasteiger partial charge in [0.05, 0.1) is 0 Å². The third-order valence-electron chi connectivity index (χ3n) is 1.92. The maximum Gasteiger partial charge on any atom is 0.268 e. The van der Waals surface area contributed by atoms with Crippen LogP contribution >= 0.6 is 11.6 Å². The average Bonchev–Trinajstić information content (AvgIpc) is 2.21. The monoisotopic (exact) mass is 210 g/mol. The van der Waals surface area contributed by atoms with Crippen molar-refractivity contribution in [1.29, 1.82) is 5.26 Å². The van der Waals surface area contributed by atoms with E-state index < -0.39 is 0 Å². The van der Waals surface area contributed by atoms with Crippen molar-refractivity contribution in [3.05, 3.63) is 34.2 Å². The summed E-state index contributed by atoms with van der Waals surface area (Å²) in [6.45, 7) is 0.626. The minimum atomic E-state index is -0.218. The molecular formula is C10H11ClN2O. The minimum Gasteiger partial charge on any atom is -0.314 e. The second kappa shape index (κ2) is 5.46. The zero-order chi connectivity index (χ0) is 10.4. The van der Waals surface area contributed by atoms with Crippen LogP contribution in [0.2, 0.25) is 0 Å². The summed E-state index contributed by atoms with van der Waals surface area (Å²) in [5.74, 6) is 0.604. The number of unbranched alkanes of at least 4 members (excludes halogenated alkanes) is 1. The van der Waals surface area contributed by atoms with Crippen LogP contribution < -0.4 is 5.56 Å². The smallest absolute Gasteiger partial charge is 0.268 e. The first-order valence-electron chi connectivity index (χ1n) is 4.45. The standard InChI is InChI=1S/C10H11ClN2O/c11-5-1-2-6-13-7-3-4-9(8-12)10(13)14/h3-4,7H,1-2,5-6H2. The summed E-state index contributed by atoms with van der Waals surface area (Å²) < 4.78 is 1.55. The second-order valence-corrected chi connectivity index (χ2v) is 3.31. The highest BCUT2D eigenvalue weighted by atomic mass is 35.5. The molecule has 1 aromatic heterocycles. The van der Waals surface area contributed by atoms with E-state index in [0.29, 0.717) is 12.4 Å². The van der Waals surface area contributed by atoms with Gasteiger partial charge in [0.15, 0.2) is 0 Å². The Balaban J connectivity index is 2.79. The Morgan fingerprint density at radius 1 is 1.50 bits per heavy atom. The number of hydrogen-bond donors (Lipinski definition) is 0. The first-order chi connectivity index (χ1) is 6.79. The molecular weight excluding hydrogens is 200 g/mol. The van der Waals surface area contributed by atoms with E-state index >= 15 is 0 Å².